The van der Waals surface area contributed by atoms with Gasteiger partial charge in [-0.05, 0) is 31.4 Å². The molecule has 1 rings (SSSR count). The van der Waals surface area contributed by atoms with Crippen molar-refractivity contribution in [3.63, 3.8) is 0 Å². The Morgan fingerprint density at radius 1 is 1.29 bits per heavy atom. The number of hydrogen-bond acceptors (Lipinski definition) is 4. The second-order valence-corrected chi connectivity index (χ2v) is 3.16. The van der Waals surface area contributed by atoms with Gasteiger partial charge in [-0.25, -0.2) is 4.98 Å². The van der Waals surface area contributed by atoms with Crippen LogP contribution in [0.2, 0.25) is 0 Å². The highest BCUT2D eigenvalue weighted by Crippen LogP contribution is 2.05. The molecule has 1 aromatic heterocycles. The predicted octanol–water partition coefficient (Wildman–Crippen LogP) is 1.24. The minimum Gasteiger partial charge on any atom is -0.396 e. The van der Waals surface area contributed by atoms with E-state index in [0.717, 1.165) is 31.6 Å². The molecule has 0 atom stereocenters. The lowest BCUT2D eigenvalue weighted by Gasteiger charge is -2.05. The summed E-state index contributed by atoms with van der Waals surface area (Å²) in [6, 6.07) is 5.53. The molecule has 0 aliphatic carbocycles. The number of aliphatic hydroxyl groups is 1. The van der Waals surface area contributed by atoms with E-state index in [2.05, 4.69) is 10.3 Å². The maximum Gasteiger partial charge on any atom is 0.128 e. The summed E-state index contributed by atoms with van der Waals surface area (Å²) in [4.78, 5) is 4.11. The topological polar surface area (TPSA) is 71.2 Å². The maximum absolute atomic E-state index is 8.57. The van der Waals surface area contributed by atoms with Gasteiger partial charge in [-0.2, -0.15) is 0 Å². The molecule has 0 saturated carbocycles. The highest BCUT2D eigenvalue weighted by molar-refractivity contribution is 5.41. The fraction of sp³-hybridized carbons (Fsp3) is 0.500. The first-order valence-corrected chi connectivity index (χ1v) is 4.90. The molecule has 0 unspecified atom stereocenters. The summed E-state index contributed by atoms with van der Waals surface area (Å²) in [6.45, 7) is 1.15. The third-order valence-electron chi connectivity index (χ3n) is 1.91. The van der Waals surface area contributed by atoms with Crippen LogP contribution in [0.1, 0.15) is 19.3 Å². The van der Waals surface area contributed by atoms with Crippen LogP contribution in [0.25, 0.3) is 0 Å². The van der Waals surface area contributed by atoms with Crippen LogP contribution in [-0.2, 0) is 0 Å². The Kier molecular flexibility index (Phi) is 4.78. The first kappa shape index (κ1) is 10.8. The van der Waals surface area contributed by atoms with Crippen molar-refractivity contribution in [1.82, 2.24) is 4.98 Å². The highest BCUT2D eigenvalue weighted by atomic mass is 16.2. The van der Waals surface area contributed by atoms with Crippen molar-refractivity contribution in [2.45, 2.75) is 19.3 Å². The zero-order chi connectivity index (χ0) is 10.2. The molecule has 0 aromatic carbocycles. The van der Waals surface area contributed by atoms with Crippen LogP contribution >= 0.6 is 0 Å². The predicted molar refractivity (Wildman–Crippen MR) is 58.1 cm³/mol. The first-order chi connectivity index (χ1) is 6.83. The fourth-order valence-corrected chi connectivity index (χ4v) is 1.18. The van der Waals surface area contributed by atoms with Gasteiger partial charge in [-0.15, -0.1) is 0 Å². The quantitative estimate of drug-likeness (QED) is 0.597. The molecule has 14 heavy (non-hydrogen) atoms. The molecule has 4 nitrogen and oxygen atoms in total. The average molecular weight is 195 g/mol. The van der Waals surface area contributed by atoms with E-state index in [0.29, 0.717) is 5.82 Å². The number of anilines is 2. The van der Waals surface area contributed by atoms with Crippen molar-refractivity contribution >= 4 is 11.6 Å². The Hall–Kier alpha value is -1.29. The Morgan fingerprint density at radius 3 is 2.86 bits per heavy atom. The number of aliphatic hydroxyl groups excluding tert-OH is 1. The van der Waals surface area contributed by atoms with E-state index >= 15 is 0 Å². The zero-order valence-electron chi connectivity index (χ0n) is 8.24. The molecule has 0 bridgehead atoms. The number of nitrogen functional groups attached to an aromatic ring is 1. The van der Waals surface area contributed by atoms with Gasteiger partial charge in [0.15, 0.2) is 0 Å². The van der Waals surface area contributed by atoms with Crippen molar-refractivity contribution in [2.75, 3.05) is 24.2 Å². The Labute approximate surface area is 84.2 Å². The molecule has 0 amide bonds. The number of aromatic nitrogens is 1. The molecule has 1 heterocycles. The summed E-state index contributed by atoms with van der Waals surface area (Å²) in [7, 11) is 0. The van der Waals surface area contributed by atoms with E-state index in [1.807, 2.05) is 12.1 Å². The number of unbranched alkanes of at least 4 members (excludes halogenated alkanes) is 2. The lowest BCUT2D eigenvalue weighted by atomic mass is 10.2. The van der Waals surface area contributed by atoms with Crippen LogP contribution in [0.3, 0.4) is 0 Å². The molecule has 4 N–H and O–H groups in total. The summed E-state index contributed by atoms with van der Waals surface area (Å²) < 4.78 is 0. The molecule has 0 aliphatic heterocycles. The van der Waals surface area contributed by atoms with Crippen LogP contribution in [0.5, 0.6) is 0 Å². The Morgan fingerprint density at radius 2 is 2.14 bits per heavy atom. The van der Waals surface area contributed by atoms with E-state index in [-0.39, 0.29) is 6.61 Å². The summed E-state index contributed by atoms with van der Waals surface area (Å²) >= 11 is 0. The fourth-order valence-electron chi connectivity index (χ4n) is 1.18. The minimum atomic E-state index is 0.274. The number of rotatable bonds is 6. The number of nitrogens with two attached hydrogens (primary N) is 1. The second-order valence-electron chi connectivity index (χ2n) is 3.16. The lowest BCUT2D eigenvalue weighted by molar-refractivity contribution is 0.283. The van der Waals surface area contributed by atoms with E-state index in [1.54, 1.807) is 6.07 Å². The first-order valence-electron chi connectivity index (χ1n) is 4.90. The molecule has 0 spiro atoms. The van der Waals surface area contributed by atoms with Crippen molar-refractivity contribution in [3.8, 4) is 0 Å². The Bertz CT molecular complexity index is 265. The molecule has 1 aromatic rings. The van der Waals surface area contributed by atoms with Gasteiger partial charge in [0.2, 0.25) is 0 Å². The molecule has 4 heteroatoms. The standard InChI is InChI=1S/C10H17N3O/c11-9-5-4-6-10(13-9)12-7-2-1-3-8-14/h4-6,14H,1-3,7-8H2,(H3,11,12,13). The van der Waals surface area contributed by atoms with E-state index < -0.39 is 0 Å². The summed E-state index contributed by atoms with van der Waals surface area (Å²) in [5.41, 5.74) is 5.53. The van der Waals surface area contributed by atoms with E-state index in [9.17, 15) is 0 Å². The number of pyridine rings is 1. The molecule has 78 valence electrons. The Balaban J connectivity index is 2.18. The largest absolute Gasteiger partial charge is 0.396 e. The monoisotopic (exact) mass is 195 g/mol. The number of nitrogens with one attached hydrogen (secondary N) is 1. The highest BCUT2D eigenvalue weighted by Gasteiger charge is 1.93. The van der Waals surface area contributed by atoms with E-state index in [1.165, 1.54) is 0 Å². The molecule has 0 saturated heterocycles. The third-order valence-corrected chi connectivity index (χ3v) is 1.91. The van der Waals surface area contributed by atoms with Crippen LogP contribution in [-0.4, -0.2) is 23.2 Å². The van der Waals surface area contributed by atoms with Gasteiger partial charge in [0.25, 0.3) is 0 Å². The van der Waals surface area contributed by atoms with Gasteiger partial charge in [-0.3, -0.25) is 0 Å². The van der Waals surface area contributed by atoms with Crippen LogP contribution in [0.15, 0.2) is 18.2 Å². The van der Waals surface area contributed by atoms with E-state index in [4.69, 9.17) is 10.8 Å². The molecular weight excluding hydrogens is 178 g/mol. The van der Waals surface area contributed by atoms with Gasteiger partial charge in [-0.1, -0.05) is 6.07 Å². The van der Waals surface area contributed by atoms with Crippen molar-refractivity contribution in [1.29, 1.82) is 0 Å². The smallest absolute Gasteiger partial charge is 0.128 e. The van der Waals surface area contributed by atoms with Gasteiger partial charge < -0.3 is 16.2 Å². The van der Waals surface area contributed by atoms with Gasteiger partial charge in [0.05, 0.1) is 0 Å². The van der Waals surface area contributed by atoms with Gasteiger partial charge in [0, 0.05) is 13.2 Å². The molecule has 0 fully saturated rings. The third kappa shape index (κ3) is 4.09. The summed E-state index contributed by atoms with van der Waals surface area (Å²) in [6.07, 6.45) is 2.94. The van der Waals surface area contributed by atoms with Crippen LogP contribution in [0.4, 0.5) is 11.6 Å². The van der Waals surface area contributed by atoms with Gasteiger partial charge in [0.1, 0.15) is 11.6 Å². The van der Waals surface area contributed by atoms with Crippen molar-refractivity contribution in [2.24, 2.45) is 0 Å². The molecular formula is C10H17N3O. The SMILES string of the molecule is Nc1cccc(NCCCCCO)n1. The lowest BCUT2D eigenvalue weighted by Crippen LogP contribution is -2.04. The van der Waals surface area contributed by atoms with Gasteiger partial charge >= 0.3 is 0 Å². The minimum absolute atomic E-state index is 0.274. The number of hydrogen-bond donors (Lipinski definition) is 3. The average Bonchev–Trinajstić information content (AvgIpc) is 2.18. The molecule has 0 radical (unpaired) electrons. The maximum atomic E-state index is 8.57. The van der Waals surface area contributed by atoms with Crippen molar-refractivity contribution < 1.29 is 5.11 Å². The van der Waals surface area contributed by atoms with Crippen LogP contribution < -0.4 is 11.1 Å². The summed E-state index contributed by atoms with van der Waals surface area (Å²) in [5, 5.41) is 11.7. The number of nitrogens with zero attached hydrogens (tertiary/aromatic N) is 1. The zero-order valence-corrected chi connectivity index (χ0v) is 8.24. The van der Waals surface area contributed by atoms with Crippen LogP contribution in [0, 0.1) is 0 Å². The van der Waals surface area contributed by atoms with Crippen molar-refractivity contribution in [3.05, 3.63) is 18.2 Å². The molecule has 0 aliphatic rings. The second kappa shape index (κ2) is 6.21. The normalized spacial score (nSPS) is 10.1. The summed E-state index contributed by atoms with van der Waals surface area (Å²) in [5.74, 6) is 1.35.